The lowest BCUT2D eigenvalue weighted by Crippen LogP contribution is -2.48. The van der Waals surface area contributed by atoms with E-state index in [-0.39, 0.29) is 72.0 Å². The lowest BCUT2D eigenvalue weighted by atomic mass is 10.0. The first-order valence-corrected chi connectivity index (χ1v) is 39.0. The fraction of sp³-hybridized carbons (Fsp3) is 0.349. The highest BCUT2D eigenvalue weighted by atomic mass is 16.4. The molecule has 8 fully saturated rings. The highest BCUT2D eigenvalue weighted by Crippen LogP contribution is 2.45. The average Bonchev–Trinajstić information content (AvgIpc) is 1.63. The molecule has 8 bridgehead atoms. The Balaban J connectivity index is 0.000000110. The molecule has 4 saturated carbocycles. The number of hydrogen-bond donors (Lipinski definition) is 4. The Labute approximate surface area is 658 Å². The second kappa shape index (κ2) is 32.1. The molecule has 28 heteroatoms. The van der Waals surface area contributed by atoms with Gasteiger partial charge in [-0.15, -0.1) is 0 Å². The monoisotopic (exact) mass is 1530 g/mol. The summed E-state index contributed by atoms with van der Waals surface area (Å²) in [6, 6.07) is 28.5. The molecule has 12 unspecified atom stereocenters. The highest BCUT2D eigenvalue weighted by Gasteiger charge is 2.52. The number of likely N-dealkylation sites (tertiary alicyclic amines) is 4. The standard InChI is InChI=1S/2C22H23N5O2.2C21H21N5O2/c1-13-3-4-19(24-10-13)26-17-8-15-9-18(17)27(12-15)22(28)16-7-14(2)11-25-20(16)21-23-5-6-29-21;1-13-3-4-18(25-11-13)26-16-9-15-10-17(16)27(12-15)22(28)20-19(14(2)5-6-23-20)21-24-7-8-29-21;1-13-4-5-18(24-11-13)25-16-9-14-10-17(16)26(12-14)21(27)15-3-2-6-22-19(15)20-23-7-8-28-20;1-13-4-5-18(24-11-13)25-16-9-14-10-17(16)26(12-14)21(27)19-15(3-2-6-22-19)20-23-7-8-28-20/h3-7,10-11,15,17-18H,8-9,12H2,1-2H3,(H,24,26);3-8,11,15-17H,9-10,12H2,1-2H3,(H,25,26);2*2-8,11,14,16-17H,9-10,12H2,1H3,(H,24,25). The van der Waals surface area contributed by atoms with Gasteiger partial charge in [0.1, 0.15) is 71.1 Å². The number of amides is 4. The number of piperidine rings is 4. The van der Waals surface area contributed by atoms with Crippen molar-refractivity contribution in [3.05, 3.63) is 240 Å². The maximum atomic E-state index is 13.5. The van der Waals surface area contributed by atoms with E-state index in [9.17, 15) is 19.2 Å². The van der Waals surface area contributed by atoms with Gasteiger partial charge in [0.25, 0.3) is 23.6 Å². The highest BCUT2D eigenvalue weighted by molar-refractivity contribution is 6.02. The van der Waals surface area contributed by atoms with Crippen molar-refractivity contribution in [1.82, 2.24) is 79.4 Å². The van der Waals surface area contributed by atoms with Crippen molar-refractivity contribution in [1.29, 1.82) is 0 Å². The Kier molecular flexibility index (Phi) is 20.8. The smallest absolute Gasteiger partial charge is 0.273 e. The molecule has 4 aliphatic carbocycles. The molecule has 8 aliphatic rings. The number of nitrogens with one attached hydrogen (secondary N) is 4. The number of fused-ring (bicyclic) bond motifs is 8. The molecule has 4 aliphatic heterocycles. The Morgan fingerprint density at radius 1 is 0.333 bits per heavy atom. The lowest BCUT2D eigenvalue weighted by Gasteiger charge is -2.34. The van der Waals surface area contributed by atoms with E-state index in [0.29, 0.717) is 92.3 Å². The van der Waals surface area contributed by atoms with Crippen LogP contribution in [0.25, 0.3) is 46.1 Å². The van der Waals surface area contributed by atoms with Gasteiger partial charge in [0, 0.05) is 99.9 Å². The first-order valence-electron chi connectivity index (χ1n) is 39.0. The lowest BCUT2D eigenvalue weighted by molar-refractivity contribution is 0.0679. The molecule has 580 valence electrons. The summed E-state index contributed by atoms with van der Waals surface area (Å²) in [5.74, 6) is 6.90. The molecule has 4 amide bonds. The van der Waals surface area contributed by atoms with Crippen LogP contribution in [0.4, 0.5) is 23.3 Å². The Hall–Kier alpha value is -12.9. The van der Waals surface area contributed by atoms with Crippen molar-refractivity contribution in [2.75, 3.05) is 47.4 Å². The van der Waals surface area contributed by atoms with Gasteiger partial charge in [-0.1, -0.05) is 24.3 Å². The van der Waals surface area contributed by atoms with Crippen LogP contribution in [0.3, 0.4) is 0 Å². The molecule has 0 aromatic carbocycles. The zero-order valence-electron chi connectivity index (χ0n) is 64.2. The van der Waals surface area contributed by atoms with Crippen molar-refractivity contribution in [2.24, 2.45) is 23.7 Å². The van der Waals surface area contributed by atoms with E-state index in [4.69, 9.17) is 17.7 Å². The number of carbonyl (C=O) groups is 4. The van der Waals surface area contributed by atoms with Crippen molar-refractivity contribution in [2.45, 2.75) is 141 Å². The van der Waals surface area contributed by atoms with Gasteiger partial charge in [0.05, 0.1) is 71.2 Å². The van der Waals surface area contributed by atoms with Crippen molar-refractivity contribution in [3.8, 4) is 46.1 Å². The van der Waals surface area contributed by atoms with Crippen molar-refractivity contribution in [3.63, 3.8) is 0 Å². The van der Waals surface area contributed by atoms with Crippen LogP contribution in [-0.2, 0) is 0 Å². The van der Waals surface area contributed by atoms with Gasteiger partial charge in [0.2, 0.25) is 23.6 Å². The van der Waals surface area contributed by atoms with Gasteiger partial charge in [0.15, 0.2) is 0 Å². The summed E-state index contributed by atoms with van der Waals surface area (Å²) in [7, 11) is 0. The Morgan fingerprint density at radius 2 is 0.702 bits per heavy atom. The molecule has 0 radical (unpaired) electrons. The summed E-state index contributed by atoms with van der Waals surface area (Å²) < 4.78 is 21.7. The summed E-state index contributed by atoms with van der Waals surface area (Å²) in [5.41, 5.74) is 10.6. The summed E-state index contributed by atoms with van der Waals surface area (Å²) in [6.45, 7) is 15.1. The summed E-state index contributed by atoms with van der Waals surface area (Å²) in [4.78, 5) is 114. The van der Waals surface area contributed by atoms with E-state index in [1.165, 1.54) is 25.1 Å². The van der Waals surface area contributed by atoms with E-state index in [0.717, 1.165) is 134 Å². The van der Waals surface area contributed by atoms with E-state index < -0.39 is 0 Å². The van der Waals surface area contributed by atoms with Gasteiger partial charge in [-0.05, 0) is 211 Å². The average molecular weight is 1530 g/mol. The topological polar surface area (TPSA) is 337 Å². The van der Waals surface area contributed by atoms with Crippen LogP contribution >= 0.6 is 0 Å². The summed E-state index contributed by atoms with van der Waals surface area (Å²) >= 11 is 0. The zero-order chi connectivity index (χ0) is 78.1. The number of hydrogen-bond acceptors (Lipinski definition) is 24. The maximum absolute atomic E-state index is 13.5. The first kappa shape index (κ1) is 73.9. The third kappa shape index (κ3) is 15.5. The minimum atomic E-state index is -0.0651. The van der Waals surface area contributed by atoms with Crippen molar-refractivity contribution >= 4 is 46.9 Å². The van der Waals surface area contributed by atoms with Crippen LogP contribution in [0.15, 0.2) is 202 Å². The number of nitrogens with zero attached hydrogens (tertiary/aromatic N) is 16. The molecule has 4 N–H and O–H groups in total. The molecule has 16 heterocycles. The number of pyridine rings is 8. The molecule has 12 aromatic heterocycles. The largest absolute Gasteiger partial charge is 0.444 e. The minimum absolute atomic E-state index is 0.00901. The second-order valence-electron chi connectivity index (χ2n) is 31.2. The molecule has 4 saturated heterocycles. The van der Waals surface area contributed by atoms with Crippen LogP contribution in [0.2, 0.25) is 0 Å². The fourth-order valence-electron chi connectivity index (χ4n) is 18.0. The predicted octanol–water partition coefficient (Wildman–Crippen LogP) is 13.2. The molecule has 12 atom stereocenters. The van der Waals surface area contributed by atoms with Crippen LogP contribution in [0.1, 0.15) is 126 Å². The third-order valence-corrected chi connectivity index (χ3v) is 23.2. The third-order valence-electron chi connectivity index (χ3n) is 23.2. The predicted molar refractivity (Wildman–Crippen MR) is 424 cm³/mol. The normalized spacial score (nSPS) is 23.0. The second-order valence-corrected chi connectivity index (χ2v) is 31.2. The summed E-state index contributed by atoms with van der Waals surface area (Å²) in [6.07, 6.45) is 34.7. The number of aryl methyl sites for hydroxylation is 6. The number of oxazole rings is 4. The Bertz CT molecular complexity index is 5120. The molecular weight excluding hydrogens is 1440 g/mol. The van der Waals surface area contributed by atoms with Crippen molar-refractivity contribution < 1.29 is 36.8 Å². The van der Waals surface area contributed by atoms with Crippen LogP contribution in [0.5, 0.6) is 0 Å². The maximum Gasteiger partial charge on any atom is 0.273 e. The number of aromatic nitrogens is 12. The number of rotatable bonds is 16. The molecule has 0 spiro atoms. The van der Waals surface area contributed by atoms with Crippen LogP contribution in [0, 0.1) is 65.2 Å². The van der Waals surface area contributed by atoms with E-state index in [1.807, 2.05) is 153 Å². The van der Waals surface area contributed by atoms with Gasteiger partial charge in [-0.3, -0.25) is 39.1 Å². The SMILES string of the molecule is Cc1ccc(NC2CC3CC2N(C(=O)c2cc(C)cnc2-c2ncco2)C3)nc1.Cc1ccc(NC2CC3CC2N(C(=O)c2cccnc2-c2ncco2)C3)nc1.Cc1ccc(NC2CC3CC2N(C(=O)c2nccc(C)c2-c2ncco2)C3)nc1.Cc1ccc(NC2CC3CC2N(C(=O)c2ncccc2-c2ncco2)C3)nc1. The molecule has 114 heavy (non-hydrogen) atoms. The van der Waals surface area contributed by atoms with Gasteiger partial charge in [-0.2, -0.15) is 0 Å². The molecular formula is C86H88N20O8. The van der Waals surface area contributed by atoms with E-state index in [1.54, 1.807) is 67.8 Å². The summed E-state index contributed by atoms with van der Waals surface area (Å²) in [5, 5.41) is 14.1. The fourth-order valence-corrected chi connectivity index (χ4v) is 18.0. The Morgan fingerprint density at radius 3 is 1.11 bits per heavy atom. The van der Waals surface area contributed by atoms with E-state index >= 15 is 0 Å². The number of anilines is 4. The minimum Gasteiger partial charge on any atom is -0.444 e. The number of carbonyl (C=O) groups excluding carboxylic acids is 4. The quantitative estimate of drug-likeness (QED) is 0.0698. The van der Waals surface area contributed by atoms with E-state index in [2.05, 4.69) is 81.1 Å². The first-order chi connectivity index (χ1) is 55.6. The molecule has 12 aromatic rings. The molecule has 20 rings (SSSR count). The molecule has 28 nitrogen and oxygen atoms in total. The zero-order valence-corrected chi connectivity index (χ0v) is 64.2. The van der Waals surface area contributed by atoms with Crippen LogP contribution in [-0.4, -0.2) is 178 Å². The van der Waals surface area contributed by atoms with Gasteiger partial charge in [-0.25, -0.2) is 39.9 Å². The van der Waals surface area contributed by atoms with Gasteiger partial charge < -0.3 is 58.5 Å². The van der Waals surface area contributed by atoms with Crippen LogP contribution < -0.4 is 21.3 Å². The van der Waals surface area contributed by atoms with Gasteiger partial charge >= 0.3 is 0 Å².